The van der Waals surface area contributed by atoms with Gasteiger partial charge in [-0.3, -0.25) is 4.98 Å². The maximum atomic E-state index is 5.63. The highest BCUT2D eigenvalue weighted by Crippen LogP contribution is 2.21. The van der Waals surface area contributed by atoms with Gasteiger partial charge >= 0.3 is 0 Å². The van der Waals surface area contributed by atoms with Gasteiger partial charge in [0.25, 0.3) is 0 Å². The highest BCUT2D eigenvalue weighted by Gasteiger charge is 1.99. The van der Waals surface area contributed by atoms with Crippen LogP contribution in [0.3, 0.4) is 0 Å². The predicted molar refractivity (Wildman–Crippen MR) is 48.3 cm³/mol. The fourth-order valence-corrected chi connectivity index (χ4v) is 0.937. The lowest BCUT2D eigenvalue weighted by molar-refractivity contribution is 1.31. The lowest BCUT2D eigenvalue weighted by Crippen LogP contribution is -1.98. The number of rotatable bonds is 2. The van der Waals surface area contributed by atoms with Gasteiger partial charge in [0.05, 0.1) is 17.6 Å². The van der Waals surface area contributed by atoms with Crippen LogP contribution < -0.4 is 11.1 Å². The minimum Gasteiger partial charge on any atom is -0.396 e. The molecule has 0 spiro atoms. The first kappa shape index (κ1) is 7.60. The van der Waals surface area contributed by atoms with Crippen LogP contribution in [0.15, 0.2) is 19.0 Å². The molecule has 1 rings (SSSR count). The molecule has 0 unspecified atom stereocenters. The average Bonchev–Trinajstić information content (AvgIpc) is 2.04. The van der Waals surface area contributed by atoms with Gasteiger partial charge in [-0.05, 0) is 0 Å². The average molecular weight is 149 g/mol. The molecule has 0 aliphatic heterocycles. The number of anilines is 2. The number of nitrogens with two attached hydrogens (primary N) is 1. The van der Waals surface area contributed by atoms with Crippen molar-refractivity contribution >= 4 is 17.5 Å². The van der Waals surface area contributed by atoms with E-state index in [1.807, 2.05) is 7.05 Å². The van der Waals surface area contributed by atoms with Crippen molar-refractivity contribution in [1.29, 1.82) is 0 Å². The normalized spacial score (nSPS) is 9.18. The summed E-state index contributed by atoms with van der Waals surface area (Å²) in [4.78, 5) is 3.93. The Morgan fingerprint density at radius 2 is 2.36 bits per heavy atom. The van der Waals surface area contributed by atoms with E-state index in [2.05, 4.69) is 16.9 Å². The Kier molecular flexibility index (Phi) is 2.11. The molecule has 0 aromatic carbocycles. The van der Waals surface area contributed by atoms with Gasteiger partial charge in [-0.2, -0.15) is 0 Å². The Hall–Kier alpha value is -1.51. The molecule has 58 valence electrons. The van der Waals surface area contributed by atoms with Crippen LogP contribution in [0.4, 0.5) is 11.4 Å². The molecule has 0 atom stereocenters. The zero-order valence-electron chi connectivity index (χ0n) is 6.46. The first-order valence-electron chi connectivity index (χ1n) is 3.33. The summed E-state index contributed by atoms with van der Waals surface area (Å²) < 4.78 is 0. The fourth-order valence-electron chi connectivity index (χ4n) is 0.937. The molecule has 0 saturated carbocycles. The van der Waals surface area contributed by atoms with Crippen molar-refractivity contribution in [1.82, 2.24) is 4.98 Å². The van der Waals surface area contributed by atoms with Gasteiger partial charge in [-0.15, -0.1) is 0 Å². The van der Waals surface area contributed by atoms with E-state index in [4.69, 9.17) is 5.73 Å². The standard InChI is InChI=1S/C8H11N3/c1-3-6-4-11-5-7(9)8(6)10-2/h3-5H,1,9H2,2H3,(H,10,11). The lowest BCUT2D eigenvalue weighted by atomic mass is 10.2. The van der Waals surface area contributed by atoms with E-state index in [-0.39, 0.29) is 0 Å². The zero-order chi connectivity index (χ0) is 8.27. The fraction of sp³-hybridized carbons (Fsp3) is 0.125. The minimum atomic E-state index is 0.643. The van der Waals surface area contributed by atoms with Crippen LogP contribution in [0.5, 0.6) is 0 Å². The van der Waals surface area contributed by atoms with Crippen molar-refractivity contribution in [2.24, 2.45) is 0 Å². The van der Waals surface area contributed by atoms with Gasteiger partial charge in [0.1, 0.15) is 0 Å². The van der Waals surface area contributed by atoms with Crippen molar-refractivity contribution in [2.45, 2.75) is 0 Å². The molecular formula is C8H11N3. The Morgan fingerprint density at radius 1 is 1.64 bits per heavy atom. The van der Waals surface area contributed by atoms with Gasteiger partial charge in [0, 0.05) is 18.8 Å². The van der Waals surface area contributed by atoms with E-state index < -0.39 is 0 Å². The van der Waals surface area contributed by atoms with E-state index in [1.165, 1.54) is 0 Å². The van der Waals surface area contributed by atoms with E-state index in [0.717, 1.165) is 11.3 Å². The first-order chi connectivity index (χ1) is 5.29. The van der Waals surface area contributed by atoms with Crippen LogP contribution in [-0.4, -0.2) is 12.0 Å². The maximum Gasteiger partial charge on any atom is 0.0742 e. The van der Waals surface area contributed by atoms with Crippen LogP contribution in [0.2, 0.25) is 0 Å². The first-order valence-corrected chi connectivity index (χ1v) is 3.33. The zero-order valence-corrected chi connectivity index (χ0v) is 6.46. The predicted octanol–water partition coefficient (Wildman–Crippen LogP) is 1.35. The van der Waals surface area contributed by atoms with Crippen LogP contribution in [0.1, 0.15) is 5.56 Å². The molecule has 3 nitrogen and oxygen atoms in total. The van der Waals surface area contributed by atoms with E-state index in [1.54, 1.807) is 18.5 Å². The Bertz CT molecular complexity index is 268. The van der Waals surface area contributed by atoms with Crippen LogP contribution in [0.25, 0.3) is 6.08 Å². The number of nitrogens with zero attached hydrogens (tertiary/aromatic N) is 1. The second-order valence-electron chi connectivity index (χ2n) is 2.15. The molecule has 0 aliphatic carbocycles. The topological polar surface area (TPSA) is 50.9 Å². The molecule has 1 aromatic rings. The molecule has 0 bridgehead atoms. The van der Waals surface area contributed by atoms with Crippen molar-refractivity contribution in [2.75, 3.05) is 18.1 Å². The summed E-state index contributed by atoms with van der Waals surface area (Å²) >= 11 is 0. The van der Waals surface area contributed by atoms with Crippen molar-refractivity contribution in [3.05, 3.63) is 24.5 Å². The van der Waals surface area contributed by atoms with Gasteiger partial charge in [0.2, 0.25) is 0 Å². The summed E-state index contributed by atoms with van der Waals surface area (Å²) in [5, 5.41) is 2.98. The smallest absolute Gasteiger partial charge is 0.0742 e. The molecule has 3 N–H and O–H groups in total. The second kappa shape index (κ2) is 3.05. The van der Waals surface area contributed by atoms with E-state index in [9.17, 15) is 0 Å². The van der Waals surface area contributed by atoms with Crippen molar-refractivity contribution < 1.29 is 0 Å². The van der Waals surface area contributed by atoms with Crippen LogP contribution in [-0.2, 0) is 0 Å². The third kappa shape index (κ3) is 1.32. The molecule has 0 saturated heterocycles. The number of pyridine rings is 1. The number of hydrogen-bond acceptors (Lipinski definition) is 3. The Labute approximate surface area is 65.9 Å². The summed E-state index contributed by atoms with van der Waals surface area (Å²) in [6.07, 6.45) is 5.04. The number of hydrogen-bond donors (Lipinski definition) is 2. The van der Waals surface area contributed by atoms with Crippen molar-refractivity contribution in [3.63, 3.8) is 0 Å². The molecule has 0 aliphatic rings. The maximum absolute atomic E-state index is 5.63. The molecule has 0 amide bonds. The Balaban J connectivity index is 3.23. The van der Waals surface area contributed by atoms with Gasteiger partial charge in [-0.25, -0.2) is 0 Å². The van der Waals surface area contributed by atoms with Crippen LogP contribution >= 0.6 is 0 Å². The van der Waals surface area contributed by atoms with Gasteiger partial charge in [-0.1, -0.05) is 12.7 Å². The number of nitrogens with one attached hydrogen (secondary N) is 1. The Morgan fingerprint density at radius 3 is 2.82 bits per heavy atom. The molecule has 11 heavy (non-hydrogen) atoms. The molecule has 1 heterocycles. The highest BCUT2D eigenvalue weighted by molar-refractivity contribution is 5.75. The SMILES string of the molecule is C=Cc1cncc(N)c1NC. The molecular weight excluding hydrogens is 138 g/mol. The van der Waals surface area contributed by atoms with E-state index in [0.29, 0.717) is 5.69 Å². The highest BCUT2D eigenvalue weighted by atomic mass is 14.9. The molecule has 0 fully saturated rings. The third-order valence-electron chi connectivity index (χ3n) is 1.47. The lowest BCUT2D eigenvalue weighted by Gasteiger charge is -2.06. The monoisotopic (exact) mass is 149 g/mol. The quantitative estimate of drug-likeness (QED) is 0.667. The summed E-state index contributed by atoms with van der Waals surface area (Å²) in [6.45, 7) is 3.65. The molecule has 1 aromatic heterocycles. The molecule has 3 heteroatoms. The van der Waals surface area contributed by atoms with Gasteiger partial charge in [0.15, 0.2) is 0 Å². The third-order valence-corrected chi connectivity index (χ3v) is 1.47. The summed E-state index contributed by atoms with van der Waals surface area (Å²) in [6, 6.07) is 0. The number of aromatic nitrogens is 1. The van der Waals surface area contributed by atoms with Crippen molar-refractivity contribution in [3.8, 4) is 0 Å². The van der Waals surface area contributed by atoms with Crippen LogP contribution in [0, 0.1) is 0 Å². The minimum absolute atomic E-state index is 0.643. The summed E-state index contributed by atoms with van der Waals surface area (Å²) in [7, 11) is 1.82. The summed E-state index contributed by atoms with van der Waals surface area (Å²) in [5.74, 6) is 0. The summed E-state index contributed by atoms with van der Waals surface area (Å²) in [5.41, 5.74) is 8.09. The van der Waals surface area contributed by atoms with E-state index >= 15 is 0 Å². The number of nitrogen functional groups attached to an aromatic ring is 1. The largest absolute Gasteiger partial charge is 0.396 e. The van der Waals surface area contributed by atoms with Gasteiger partial charge < -0.3 is 11.1 Å². The molecule has 0 radical (unpaired) electrons. The second-order valence-corrected chi connectivity index (χ2v) is 2.15.